The molecule has 1 rings (SSSR count). The van der Waals surface area contributed by atoms with Crippen molar-refractivity contribution in [3.63, 3.8) is 0 Å². The Bertz CT molecular complexity index is 207. The number of hydrogen-bond acceptors (Lipinski definition) is 3. The molecule has 1 saturated heterocycles. The van der Waals surface area contributed by atoms with Crippen molar-refractivity contribution >= 4 is 5.97 Å². The number of unbranched alkanes of at least 4 members (excludes halogenated alkanes) is 2. The zero-order chi connectivity index (χ0) is 11.3. The fourth-order valence-corrected chi connectivity index (χ4v) is 1.45. The van der Waals surface area contributed by atoms with Crippen LogP contribution >= 0.6 is 0 Å². The van der Waals surface area contributed by atoms with Crippen molar-refractivity contribution in [1.29, 1.82) is 0 Å². The van der Waals surface area contributed by atoms with Gasteiger partial charge >= 0.3 is 5.97 Å². The van der Waals surface area contributed by atoms with E-state index in [4.69, 9.17) is 9.47 Å². The predicted molar refractivity (Wildman–Crippen MR) is 58.6 cm³/mol. The van der Waals surface area contributed by atoms with Crippen LogP contribution in [0.15, 0.2) is 0 Å². The van der Waals surface area contributed by atoms with E-state index in [-0.39, 0.29) is 17.5 Å². The van der Waals surface area contributed by atoms with Crippen LogP contribution in [0.2, 0.25) is 0 Å². The van der Waals surface area contributed by atoms with Gasteiger partial charge in [-0.1, -0.05) is 26.2 Å². The van der Waals surface area contributed by atoms with Gasteiger partial charge in [-0.15, -0.1) is 0 Å². The van der Waals surface area contributed by atoms with E-state index in [1.165, 1.54) is 12.8 Å². The fourth-order valence-electron chi connectivity index (χ4n) is 1.45. The maximum absolute atomic E-state index is 11.7. The summed E-state index contributed by atoms with van der Waals surface area (Å²) in [5.41, 5.74) is -0.343. The van der Waals surface area contributed by atoms with Crippen LogP contribution in [-0.4, -0.2) is 25.3 Å². The Labute approximate surface area is 92.1 Å². The number of epoxide rings is 1. The third-order valence-electron chi connectivity index (χ3n) is 2.76. The zero-order valence-electron chi connectivity index (χ0n) is 10.0. The highest BCUT2D eigenvalue weighted by atomic mass is 16.6. The lowest BCUT2D eigenvalue weighted by molar-refractivity contribution is -0.154. The van der Waals surface area contributed by atoms with Crippen molar-refractivity contribution in [1.82, 2.24) is 0 Å². The van der Waals surface area contributed by atoms with Gasteiger partial charge in [-0.2, -0.15) is 0 Å². The highest BCUT2D eigenvalue weighted by molar-refractivity contribution is 5.75. The summed E-state index contributed by atoms with van der Waals surface area (Å²) in [5, 5.41) is 0. The van der Waals surface area contributed by atoms with Gasteiger partial charge in [0.25, 0.3) is 0 Å². The molecule has 3 nitrogen and oxygen atoms in total. The van der Waals surface area contributed by atoms with E-state index in [1.54, 1.807) is 0 Å². The molecule has 0 radical (unpaired) electrons. The molecule has 0 aliphatic carbocycles. The quantitative estimate of drug-likeness (QED) is 0.371. The standard InChI is InChI=1S/C12H22O3/c1-4-5-6-7-12(2,3)11(13)15-9-10-8-14-10/h10H,4-9H2,1-3H3. The van der Waals surface area contributed by atoms with Crippen LogP contribution in [0.25, 0.3) is 0 Å². The van der Waals surface area contributed by atoms with Crippen molar-refractivity contribution in [2.24, 2.45) is 5.41 Å². The lowest BCUT2D eigenvalue weighted by atomic mass is 9.87. The van der Waals surface area contributed by atoms with E-state index >= 15 is 0 Å². The van der Waals surface area contributed by atoms with E-state index in [2.05, 4.69) is 6.92 Å². The molecule has 88 valence electrons. The lowest BCUT2D eigenvalue weighted by Crippen LogP contribution is -2.27. The smallest absolute Gasteiger partial charge is 0.311 e. The van der Waals surface area contributed by atoms with Gasteiger partial charge in [0.05, 0.1) is 12.0 Å². The Morgan fingerprint density at radius 3 is 2.67 bits per heavy atom. The summed E-state index contributed by atoms with van der Waals surface area (Å²) >= 11 is 0. The molecule has 0 aromatic carbocycles. The molecule has 1 atom stereocenters. The Kier molecular flexibility index (Phi) is 4.58. The van der Waals surface area contributed by atoms with Gasteiger partial charge in [-0.3, -0.25) is 4.79 Å². The first kappa shape index (κ1) is 12.5. The molecular weight excluding hydrogens is 192 g/mol. The summed E-state index contributed by atoms with van der Waals surface area (Å²) in [6, 6.07) is 0. The summed E-state index contributed by atoms with van der Waals surface area (Å²) in [7, 11) is 0. The van der Waals surface area contributed by atoms with Crippen LogP contribution < -0.4 is 0 Å². The molecular formula is C12H22O3. The normalized spacial score (nSPS) is 20.1. The Balaban J connectivity index is 2.20. The molecule has 0 spiro atoms. The first-order valence-corrected chi connectivity index (χ1v) is 5.85. The Hall–Kier alpha value is -0.570. The summed E-state index contributed by atoms with van der Waals surface area (Å²) in [6.45, 7) is 7.24. The second-order valence-corrected chi connectivity index (χ2v) is 4.89. The predicted octanol–water partition coefficient (Wildman–Crippen LogP) is 2.53. The monoisotopic (exact) mass is 214 g/mol. The van der Waals surface area contributed by atoms with Crippen molar-refractivity contribution in [3.8, 4) is 0 Å². The van der Waals surface area contributed by atoms with Gasteiger partial charge in [0.15, 0.2) is 0 Å². The third kappa shape index (κ3) is 4.65. The highest BCUT2D eigenvalue weighted by Gasteiger charge is 2.31. The minimum absolute atomic E-state index is 0.0888. The first-order chi connectivity index (χ1) is 7.06. The fraction of sp³-hybridized carbons (Fsp3) is 0.917. The SMILES string of the molecule is CCCCCC(C)(C)C(=O)OCC1CO1. The van der Waals surface area contributed by atoms with Crippen LogP contribution in [0, 0.1) is 5.41 Å². The van der Waals surface area contributed by atoms with Gasteiger partial charge in [-0.25, -0.2) is 0 Å². The molecule has 3 heteroatoms. The molecule has 1 aliphatic heterocycles. The molecule has 0 N–H and O–H groups in total. The van der Waals surface area contributed by atoms with Crippen LogP contribution in [0.3, 0.4) is 0 Å². The molecule has 1 aliphatic rings. The van der Waals surface area contributed by atoms with E-state index in [9.17, 15) is 4.79 Å². The number of rotatable bonds is 7. The number of ether oxygens (including phenoxy) is 2. The van der Waals surface area contributed by atoms with Gasteiger partial charge < -0.3 is 9.47 Å². The number of carbonyl (C=O) groups is 1. The molecule has 1 unspecified atom stereocenters. The molecule has 0 bridgehead atoms. The van der Waals surface area contributed by atoms with E-state index < -0.39 is 0 Å². The van der Waals surface area contributed by atoms with E-state index in [0.29, 0.717) is 6.61 Å². The van der Waals surface area contributed by atoms with Gasteiger partial charge in [0.2, 0.25) is 0 Å². The van der Waals surface area contributed by atoms with Crippen LogP contribution in [0.1, 0.15) is 46.5 Å². The second kappa shape index (κ2) is 5.50. The molecule has 0 saturated carbocycles. The van der Waals surface area contributed by atoms with Crippen LogP contribution in [0.5, 0.6) is 0 Å². The maximum Gasteiger partial charge on any atom is 0.311 e. The van der Waals surface area contributed by atoms with Crippen molar-refractivity contribution < 1.29 is 14.3 Å². The minimum Gasteiger partial charge on any atom is -0.462 e. The summed E-state index contributed by atoms with van der Waals surface area (Å²) < 4.78 is 10.2. The average Bonchev–Trinajstić information content (AvgIpc) is 2.97. The lowest BCUT2D eigenvalue weighted by Gasteiger charge is -2.22. The van der Waals surface area contributed by atoms with Gasteiger partial charge in [-0.05, 0) is 20.3 Å². The molecule has 0 aromatic heterocycles. The number of hydrogen-bond donors (Lipinski definition) is 0. The van der Waals surface area contributed by atoms with Crippen LogP contribution in [0.4, 0.5) is 0 Å². The minimum atomic E-state index is -0.343. The van der Waals surface area contributed by atoms with Gasteiger partial charge in [0.1, 0.15) is 12.7 Å². The van der Waals surface area contributed by atoms with Gasteiger partial charge in [0, 0.05) is 0 Å². The van der Waals surface area contributed by atoms with Crippen molar-refractivity contribution in [2.45, 2.75) is 52.6 Å². The topological polar surface area (TPSA) is 38.8 Å². The van der Waals surface area contributed by atoms with E-state index in [1.807, 2.05) is 13.8 Å². The third-order valence-corrected chi connectivity index (χ3v) is 2.76. The van der Waals surface area contributed by atoms with Crippen LogP contribution in [-0.2, 0) is 14.3 Å². The summed E-state index contributed by atoms with van der Waals surface area (Å²) in [4.78, 5) is 11.7. The Morgan fingerprint density at radius 2 is 2.13 bits per heavy atom. The molecule has 0 aromatic rings. The zero-order valence-corrected chi connectivity index (χ0v) is 10.0. The highest BCUT2D eigenvalue weighted by Crippen LogP contribution is 2.26. The van der Waals surface area contributed by atoms with Crippen molar-refractivity contribution in [2.75, 3.05) is 13.2 Å². The Morgan fingerprint density at radius 1 is 1.47 bits per heavy atom. The second-order valence-electron chi connectivity index (χ2n) is 4.89. The van der Waals surface area contributed by atoms with E-state index in [0.717, 1.165) is 19.4 Å². The molecule has 1 heterocycles. The average molecular weight is 214 g/mol. The largest absolute Gasteiger partial charge is 0.462 e. The maximum atomic E-state index is 11.7. The molecule has 15 heavy (non-hydrogen) atoms. The van der Waals surface area contributed by atoms with Crippen molar-refractivity contribution in [3.05, 3.63) is 0 Å². The first-order valence-electron chi connectivity index (χ1n) is 5.85. The number of esters is 1. The summed E-state index contributed by atoms with van der Waals surface area (Å²) in [6.07, 6.45) is 4.54. The molecule has 0 amide bonds. The molecule has 1 fully saturated rings. The summed E-state index contributed by atoms with van der Waals surface area (Å²) in [5.74, 6) is -0.0888. The number of carbonyl (C=O) groups excluding carboxylic acids is 1.